The molecule has 0 bridgehead atoms. The van der Waals surface area contributed by atoms with E-state index in [0.29, 0.717) is 0 Å². The smallest absolute Gasteiger partial charge is 0.264 e. The van der Waals surface area contributed by atoms with E-state index >= 15 is 0 Å². The first-order valence-corrected chi connectivity index (χ1v) is 3.51. The minimum Gasteiger partial charge on any atom is -0.370 e. The molecule has 0 saturated carbocycles. The molecule has 0 aliphatic heterocycles. The highest BCUT2D eigenvalue weighted by Gasteiger charge is 2.16. The fourth-order valence-corrected chi connectivity index (χ4v) is 0.522. The highest BCUT2D eigenvalue weighted by atomic mass is 19.3. The summed E-state index contributed by atoms with van der Waals surface area (Å²) in [6.07, 6.45) is -2.59. The lowest BCUT2D eigenvalue weighted by molar-refractivity contribution is -0.0767. The summed E-state index contributed by atoms with van der Waals surface area (Å²) < 4.78 is 28.5. The van der Waals surface area contributed by atoms with Gasteiger partial charge in [-0.25, -0.2) is 8.78 Å². The van der Waals surface area contributed by atoms with Gasteiger partial charge in [-0.1, -0.05) is 6.92 Å². The average molecular weight is 152 g/mol. The molecule has 2 atom stereocenters. The summed E-state index contributed by atoms with van der Waals surface area (Å²) in [4.78, 5) is 0. The van der Waals surface area contributed by atoms with E-state index in [2.05, 4.69) is 0 Å². The molecule has 0 amide bonds. The van der Waals surface area contributed by atoms with E-state index in [-0.39, 0.29) is 6.10 Å². The summed E-state index contributed by atoms with van der Waals surface area (Å²) in [5.41, 5.74) is 0. The van der Waals surface area contributed by atoms with E-state index < -0.39 is 12.5 Å². The van der Waals surface area contributed by atoms with Crippen molar-refractivity contribution in [1.29, 1.82) is 0 Å². The first kappa shape index (κ1) is 9.82. The van der Waals surface area contributed by atoms with E-state index in [0.717, 1.165) is 6.42 Å². The predicted molar refractivity (Wildman–Crippen MR) is 36.3 cm³/mol. The van der Waals surface area contributed by atoms with Crippen LogP contribution in [0.2, 0.25) is 0 Å². The number of halogens is 2. The third-order valence-corrected chi connectivity index (χ3v) is 1.38. The van der Waals surface area contributed by atoms with Crippen LogP contribution in [0.1, 0.15) is 27.2 Å². The third-order valence-electron chi connectivity index (χ3n) is 1.38. The number of hydrogen-bond acceptors (Lipinski definition) is 1. The average Bonchev–Trinajstić information content (AvgIpc) is 1.87. The van der Waals surface area contributed by atoms with Crippen LogP contribution in [-0.4, -0.2) is 18.6 Å². The minimum atomic E-state index is -2.37. The van der Waals surface area contributed by atoms with Crippen molar-refractivity contribution in [2.45, 2.75) is 45.8 Å². The van der Waals surface area contributed by atoms with Crippen LogP contribution in [0, 0.1) is 0 Å². The summed E-state index contributed by atoms with van der Waals surface area (Å²) in [6.45, 7) is 5.08. The van der Waals surface area contributed by atoms with E-state index in [4.69, 9.17) is 4.74 Å². The standard InChI is InChI=1S/C7H14F2O/c1-4-5(2)10-6(3)7(8)9/h5-7H,4H2,1-3H3. The second-order valence-electron chi connectivity index (χ2n) is 2.39. The van der Waals surface area contributed by atoms with Crippen molar-refractivity contribution in [3.05, 3.63) is 0 Å². The van der Waals surface area contributed by atoms with Gasteiger partial charge in [-0.15, -0.1) is 0 Å². The molecule has 0 rings (SSSR count). The molecule has 0 saturated heterocycles. The zero-order valence-electron chi connectivity index (χ0n) is 6.60. The van der Waals surface area contributed by atoms with Gasteiger partial charge in [-0.3, -0.25) is 0 Å². The van der Waals surface area contributed by atoms with Gasteiger partial charge in [0.05, 0.1) is 6.10 Å². The van der Waals surface area contributed by atoms with Gasteiger partial charge < -0.3 is 4.74 Å². The molecule has 1 nitrogen and oxygen atoms in total. The molecule has 0 heterocycles. The highest BCUT2D eigenvalue weighted by Crippen LogP contribution is 2.08. The van der Waals surface area contributed by atoms with E-state index in [1.165, 1.54) is 6.92 Å². The van der Waals surface area contributed by atoms with E-state index in [1.54, 1.807) is 6.92 Å². The van der Waals surface area contributed by atoms with Crippen molar-refractivity contribution in [3.63, 3.8) is 0 Å². The molecule has 10 heavy (non-hydrogen) atoms. The fraction of sp³-hybridized carbons (Fsp3) is 1.00. The van der Waals surface area contributed by atoms with Gasteiger partial charge in [0.25, 0.3) is 6.43 Å². The predicted octanol–water partition coefficient (Wildman–Crippen LogP) is 2.46. The molecule has 0 N–H and O–H groups in total. The first-order valence-electron chi connectivity index (χ1n) is 3.51. The lowest BCUT2D eigenvalue weighted by Crippen LogP contribution is -2.22. The van der Waals surface area contributed by atoms with Crippen LogP contribution in [-0.2, 0) is 4.74 Å². The Balaban J connectivity index is 3.46. The Morgan fingerprint density at radius 1 is 1.30 bits per heavy atom. The van der Waals surface area contributed by atoms with Gasteiger partial charge in [0.2, 0.25) is 0 Å². The monoisotopic (exact) mass is 152 g/mol. The molecule has 0 radical (unpaired) electrons. The zero-order chi connectivity index (χ0) is 8.15. The zero-order valence-corrected chi connectivity index (χ0v) is 6.60. The molecule has 0 aromatic heterocycles. The molecule has 2 unspecified atom stereocenters. The number of ether oxygens (including phenoxy) is 1. The second kappa shape index (κ2) is 4.61. The summed E-state index contributed by atoms with van der Waals surface area (Å²) in [7, 11) is 0. The van der Waals surface area contributed by atoms with Gasteiger partial charge in [0.15, 0.2) is 0 Å². The summed E-state index contributed by atoms with van der Waals surface area (Å²) in [5, 5.41) is 0. The Morgan fingerprint density at radius 2 is 1.80 bits per heavy atom. The third kappa shape index (κ3) is 3.77. The van der Waals surface area contributed by atoms with Gasteiger partial charge >= 0.3 is 0 Å². The van der Waals surface area contributed by atoms with Gasteiger partial charge in [0, 0.05) is 0 Å². The van der Waals surface area contributed by atoms with Crippen molar-refractivity contribution in [2.75, 3.05) is 0 Å². The molecule has 0 aromatic rings. The Labute approximate surface area is 60.4 Å². The number of hydrogen-bond donors (Lipinski definition) is 0. The Kier molecular flexibility index (Phi) is 4.52. The first-order chi connectivity index (χ1) is 4.57. The van der Waals surface area contributed by atoms with Crippen LogP contribution in [0.5, 0.6) is 0 Å². The maximum absolute atomic E-state index is 11.8. The quantitative estimate of drug-likeness (QED) is 0.601. The van der Waals surface area contributed by atoms with Gasteiger partial charge in [-0.2, -0.15) is 0 Å². The maximum Gasteiger partial charge on any atom is 0.264 e. The van der Waals surface area contributed by atoms with Crippen molar-refractivity contribution in [2.24, 2.45) is 0 Å². The van der Waals surface area contributed by atoms with Crippen LogP contribution in [0.3, 0.4) is 0 Å². The van der Waals surface area contributed by atoms with Crippen LogP contribution >= 0.6 is 0 Å². The highest BCUT2D eigenvalue weighted by molar-refractivity contribution is 4.55. The van der Waals surface area contributed by atoms with Crippen molar-refractivity contribution >= 4 is 0 Å². The van der Waals surface area contributed by atoms with Crippen LogP contribution in [0.4, 0.5) is 8.78 Å². The van der Waals surface area contributed by atoms with Crippen LogP contribution in [0.15, 0.2) is 0 Å². The molecule has 0 aromatic carbocycles. The fourth-order valence-electron chi connectivity index (χ4n) is 0.522. The summed E-state index contributed by atoms with van der Waals surface area (Å²) in [6, 6.07) is 0. The Bertz CT molecular complexity index is 85.7. The van der Waals surface area contributed by atoms with Crippen molar-refractivity contribution in [3.8, 4) is 0 Å². The largest absolute Gasteiger partial charge is 0.370 e. The lowest BCUT2D eigenvalue weighted by atomic mass is 10.3. The summed E-state index contributed by atoms with van der Waals surface area (Å²) in [5.74, 6) is 0. The molecule has 62 valence electrons. The minimum absolute atomic E-state index is 0.0657. The lowest BCUT2D eigenvalue weighted by Gasteiger charge is -2.16. The van der Waals surface area contributed by atoms with Gasteiger partial charge in [-0.05, 0) is 20.3 Å². The second-order valence-corrected chi connectivity index (χ2v) is 2.39. The molecule has 0 aliphatic rings. The molecule has 3 heteroatoms. The van der Waals surface area contributed by atoms with Crippen molar-refractivity contribution in [1.82, 2.24) is 0 Å². The number of alkyl halides is 2. The van der Waals surface area contributed by atoms with Crippen LogP contribution in [0.25, 0.3) is 0 Å². The Morgan fingerprint density at radius 3 is 2.10 bits per heavy atom. The van der Waals surface area contributed by atoms with Crippen molar-refractivity contribution < 1.29 is 13.5 Å². The molecular weight excluding hydrogens is 138 g/mol. The molecule has 0 aliphatic carbocycles. The molecule has 0 spiro atoms. The van der Waals surface area contributed by atoms with E-state index in [9.17, 15) is 8.78 Å². The summed E-state index contributed by atoms with van der Waals surface area (Å²) >= 11 is 0. The SMILES string of the molecule is CCC(C)OC(C)C(F)F. The molecular formula is C7H14F2O. The van der Waals surface area contributed by atoms with E-state index in [1.807, 2.05) is 6.92 Å². The topological polar surface area (TPSA) is 9.23 Å². The number of rotatable bonds is 4. The van der Waals surface area contributed by atoms with Gasteiger partial charge in [0.1, 0.15) is 6.10 Å². The van der Waals surface area contributed by atoms with Crippen LogP contribution < -0.4 is 0 Å². The molecule has 0 fully saturated rings. The maximum atomic E-state index is 11.8. The Hall–Kier alpha value is -0.180. The normalized spacial score (nSPS) is 17.4.